The number of nitrogens with one attached hydrogen (secondary N) is 1. The second-order valence-electron chi connectivity index (χ2n) is 7.82. The van der Waals surface area contributed by atoms with Crippen LogP contribution in [0.1, 0.15) is 5.56 Å². The van der Waals surface area contributed by atoms with Gasteiger partial charge in [0, 0.05) is 25.8 Å². The molecule has 34 heavy (non-hydrogen) atoms. The molecule has 0 aliphatic carbocycles. The highest BCUT2D eigenvalue weighted by Crippen LogP contribution is 2.34. The lowest BCUT2D eigenvalue weighted by Crippen LogP contribution is -2.36. The molecule has 3 amide bonds. The quantitative estimate of drug-likeness (QED) is 0.571. The molecule has 1 aromatic heterocycles. The highest BCUT2D eigenvalue weighted by Gasteiger charge is 2.36. The minimum atomic E-state index is -0.547. The standard InChI is InChI=1S/C23H20N4O6S/c1-25-15-5-3-13(9-16(15)26(2)22(25)30)10-19-21(29)27(23(31)34-19)12-20(28)24-14-4-6-17-18(11-14)33-8-7-32-17/h3-6,9-11H,7-8,12H2,1-2H3,(H,24,28)/b19-10+. The molecule has 0 unspecified atom stereocenters. The van der Waals surface area contributed by atoms with Gasteiger partial charge in [-0.3, -0.25) is 28.4 Å². The van der Waals surface area contributed by atoms with Gasteiger partial charge in [0.1, 0.15) is 19.8 Å². The Morgan fingerprint density at radius 1 is 1.00 bits per heavy atom. The number of imide groups is 1. The number of ether oxygens (including phenoxy) is 2. The number of thioether (sulfide) groups is 1. The Kier molecular flexibility index (Phi) is 5.40. The highest BCUT2D eigenvalue weighted by atomic mass is 32.2. The van der Waals surface area contributed by atoms with Crippen LogP contribution in [0.25, 0.3) is 17.1 Å². The third-order valence-electron chi connectivity index (χ3n) is 5.60. The van der Waals surface area contributed by atoms with Crippen molar-refractivity contribution in [2.24, 2.45) is 14.1 Å². The van der Waals surface area contributed by atoms with E-state index < -0.39 is 23.6 Å². The van der Waals surface area contributed by atoms with Gasteiger partial charge in [-0.25, -0.2) is 4.79 Å². The molecule has 11 heteroatoms. The van der Waals surface area contributed by atoms with E-state index in [-0.39, 0.29) is 10.6 Å². The summed E-state index contributed by atoms with van der Waals surface area (Å²) in [6, 6.07) is 10.3. The molecule has 0 saturated carbocycles. The van der Waals surface area contributed by atoms with Crippen LogP contribution >= 0.6 is 11.8 Å². The van der Waals surface area contributed by atoms with E-state index in [0.29, 0.717) is 41.5 Å². The SMILES string of the molecule is Cn1c(=O)n(C)c2cc(/C=C3/SC(=O)N(CC(=O)Nc4ccc5c(c4)OCCO5)C3=O)ccc21. The van der Waals surface area contributed by atoms with Crippen LogP contribution in [0.15, 0.2) is 46.1 Å². The molecule has 1 fully saturated rings. The van der Waals surface area contributed by atoms with Crippen LogP contribution in [-0.4, -0.2) is 50.8 Å². The van der Waals surface area contributed by atoms with E-state index in [4.69, 9.17) is 9.47 Å². The molecule has 5 rings (SSSR count). The number of hydrogen-bond donors (Lipinski definition) is 1. The number of benzene rings is 2. The number of amides is 3. The van der Waals surface area contributed by atoms with Gasteiger partial charge in [-0.2, -0.15) is 0 Å². The highest BCUT2D eigenvalue weighted by molar-refractivity contribution is 8.18. The van der Waals surface area contributed by atoms with Crippen molar-refractivity contribution in [3.63, 3.8) is 0 Å². The Balaban J connectivity index is 1.31. The summed E-state index contributed by atoms with van der Waals surface area (Å²) < 4.78 is 14.0. The number of aromatic nitrogens is 2. The summed E-state index contributed by atoms with van der Waals surface area (Å²) in [5, 5.41) is 2.15. The van der Waals surface area contributed by atoms with E-state index >= 15 is 0 Å². The van der Waals surface area contributed by atoms with Crippen molar-refractivity contribution in [3.05, 3.63) is 57.4 Å². The first kappa shape index (κ1) is 21.8. The summed E-state index contributed by atoms with van der Waals surface area (Å²) in [6.07, 6.45) is 1.58. The van der Waals surface area contributed by atoms with Crippen molar-refractivity contribution < 1.29 is 23.9 Å². The number of hydrogen-bond acceptors (Lipinski definition) is 7. The number of aryl methyl sites for hydroxylation is 2. The van der Waals surface area contributed by atoms with Gasteiger partial charge >= 0.3 is 5.69 Å². The molecule has 1 N–H and O–H groups in total. The molecule has 0 spiro atoms. The summed E-state index contributed by atoms with van der Waals surface area (Å²) in [5.74, 6) is 0.0513. The zero-order valence-electron chi connectivity index (χ0n) is 18.4. The van der Waals surface area contributed by atoms with E-state index in [1.807, 2.05) is 0 Å². The number of rotatable bonds is 4. The first-order valence-corrected chi connectivity index (χ1v) is 11.2. The van der Waals surface area contributed by atoms with Crippen LogP contribution in [0.5, 0.6) is 11.5 Å². The first-order valence-electron chi connectivity index (χ1n) is 10.4. The summed E-state index contributed by atoms with van der Waals surface area (Å²) >= 11 is 0.770. The predicted octanol–water partition coefficient (Wildman–Crippen LogP) is 2.32. The van der Waals surface area contributed by atoms with Gasteiger partial charge in [0.05, 0.1) is 15.9 Å². The first-order chi connectivity index (χ1) is 16.3. The number of anilines is 1. The molecule has 0 atom stereocenters. The zero-order chi connectivity index (χ0) is 24.0. The van der Waals surface area contributed by atoms with Crippen molar-refractivity contribution in [2.75, 3.05) is 25.1 Å². The van der Waals surface area contributed by atoms with Crippen molar-refractivity contribution in [1.29, 1.82) is 0 Å². The maximum Gasteiger partial charge on any atom is 0.328 e. The fourth-order valence-corrected chi connectivity index (χ4v) is 4.70. The average molecular weight is 481 g/mol. The average Bonchev–Trinajstić information content (AvgIpc) is 3.21. The fraction of sp³-hybridized carbons (Fsp3) is 0.217. The van der Waals surface area contributed by atoms with Gasteiger partial charge in [0.2, 0.25) is 5.91 Å². The molecule has 174 valence electrons. The van der Waals surface area contributed by atoms with Crippen molar-refractivity contribution in [2.45, 2.75) is 0 Å². The van der Waals surface area contributed by atoms with Crippen molar-refractivity contribution in [3.8, 4) is 11.5 Å². The second kappa shape index (κ2) is 8.41. The normalized spacial score (nSPS) is 16.5. The number of imidazole rings is 1. The van der Waals surface area contributed by atoms with Crippen LogP contribution in [0.4, 0.5) is 10.5 Å². The molecule has 10 nitrogen and oxygen atoms in total. The van der Waals surface area contributed by atoms with E-state index in [1.165, 1.54) is 9.13 Å². The molecule has 0 bridgehead atoms. The lowest BCUT2D eigenvalue weighted by molar-refractivity contribution is -0.127. The third-order valence-corrected chi connectivity index (χ3v) is 6.50. The number of fused-ring (bicyclic) bond motifs is 2. The van der Waals surface area contributed by atoms with Gasteiger partial charge in [-0.1, -0.05) is 6.07 Å². The monoisotopic (exact) mass is 480 g/mol. The largest absolute Gasteiger partial charge is 0.486 e. The summed E-state index contributed by atoms with van der Waals surface area (Å²) in [6.45, 7) is 0.465. The topological polar surface area (TPSA) is 112 Å². The molecule has 3 aromatic rings. The molecule has 1 saturated heterocycles. The Morgan fingerprint density at radius 3 is 2.53 bits per heavy atom. The lowest BCUT2D eigenvalue weighted by Gasteiger charge is -2.19. The van der Waals surface area contributed by atoms with Crippen LogP contribution in [-0.2, 0) is 23.7 Å². The maximum absolute atomic E-state index is 12.8. The van der Waals surface area contributed by atoms with E-state index in [1.54, 1.807) is 56.6 Å². The van der Waals surface area contributed by atoms with E-state index in [2.05, 4.69) is 5.32 Å². The smallest absolute Gasteiger partial charge is 0.328 e. The Labute approximate surface area is 197 Å². The van der Waals surface area contributed by atoms with Gasteiger partial charge in [-0.15, -0.1) is 0 Å². The Bertz CT molecular complexity index is 1450. The van der Waals surface area contributed by atoms with Gasteiger partial charge in [0.15, 0.2) is 11.5 Å². The number of carbonyl (C=O) groups excluding carboxylic acids is 3. The molecular weight excluding hydrogens is 460 g/mol. The predicted molar refractivity (Wildman–Crippen MR) is 127 cm³/mol. The zero-order valence-corrected chi connectivity index (χ0v) is 19.2. The lowest BCUT2D eigenvalue weighted by atomic mass is 10.2. The molecule has 2 aromatic carbocycles. The number of carbonyl (C=O) groups is 3. The van der Waals surface area contributed by atoms with E-state index in [0.717, 1.165) is 22.2 Å². The van der Waals surface area contributed by atoms with Gasteiger partial charge in [0.25, 0.3) is 11.1 Å². The van der Waals surface area contributed by atoms with Crippen LogP contribution < -0.4 is 20.5 Å². The van der Waals surface area contributed by atoms with Crippen LogP contribution in [0.2, 0.25) is 0 Å². The second-order valence-corrected chi connectivity index (χ2v) is 8.82. The Morgan fingerprint density at radius 2 is 1.74 bits per heavy atom. The minimum absolute atomic E-state index is 0.156. The maximum atomic E-state index is 12.8. The molecule has 2 aliphatic heterocycles. The minimum Gasteiger partial charge on any atom is -0.486 e. The molecule has 2 aliphatic rings. The van der Waals surface area contributed by atoms with Crippen LogP contribution in [0, 0.1) is 0 Å². The fourth-order valence-electron chi connectivity index (χ4n) is 3.87. The molecule has 3 heterocycles. The van der Waals surface area contributed by atoms with Crippen molar-refractivity contribution >= 4 is 51.6 Å². The molecular formula is C23H20N4O6S. The molecule has 0 radical (unpaired) electrons. The summed E-state index contributed by atoms with van der Waals surface area (Å²) in [4.78, 5) is 51.0. The third kappa shape index (κ3) is 3.83. The van der Waals surface area contributed by atoms with Gasteiger partial charge < -0.3 is 14.8 Å². The van der Waals surface area contributed by atoms with Gasteiger partial charge in [-0.05, 0) is 47.7 Å². The van der Waals surface area contributed by atoms with Crippen LogP contribution in [0.3, 0.4) is 0 Å². The number of nitrogens with zero attached hydrogens (tertiary/aromatic N) is 3. The summed E-state index contributed by atoms with van der Waals surface area (Å²) in [7, 11) is 3.36. The summed E-state index contributed by atoms with van der Waals surface area (Å²) in [5.41, 5.74) is 2.45. The Hall–Kier alpha value is -3.99. The van der Waals surface area contributed by atoms with E-state index in [9.17, 15) is 19.2 Å². The van der Waals surface area contributed by atoms with Crippen molar-refractivity contribution in [1.82, 2.24) is 14.0 Å².